The molecule has 0 aliphatic rings. The van der Waals surface area contributed by atoms with Crippen molar-refractivity contribution >= 4 is 38.8 Å². The summed E-state index contributed by atoms with van der Waals surface area (Å²) in [6, 6.07) is 14.0. The molecular formula is C24H24N6O4S2. The largest absolute Gasteiger partial charge is 0.324 e. The zero-order chi connectivity index (χ0) is 26.1. The molecule has 3 aromatic heterocycles. The van der Waals surface area contributed by atoms with E-state index in [1.807, 2.05) is 17.5 Å². The van der Waals surface area contributed by atoms with E-state index in [9.17, 15) is 18.0 Å². The molecule has 4 aromatic rings. The fourth-order valence-electron chi connectivity index (χ4n) is 3.43. The first kappa shape index (κ1) is 25.2. The summed E-state index contributed by atoms with van der Waals surface area (Å²) in [4.78, 5) is 34.7. The summed E-state index contributed by atoms with van der Waals surface area (Å²) < 4.78 is 29.1. The second kappa shape index (κ2) is 9.63. The summed E-state index contributed by atoms with van der Waals surface area (Å²) in [6.45, 7) is 6.59. The van der Waals surface area contributed by atoms with E-state index in [4.69, 9.17) is 0 Å². The minimum absolute atomic E-state index is 0.00443. The van der Waals surface area contributed by atoms with Crippen LogP contribution in [0.4, 0.5) is 11.5 Å². The number of hydrogen-bond acceptors (Lipinski definition) is 8. The number of thiophene rings is 1. The van der Waals surface area contributed by atoms with Crippen LogP contribution in [-0.4, -0.2) is 34.1 Å². The van der Waals surface area contributed by atoms with Gasteiger partial charge in [0.05, 0.1) is 9.77 Å². The van der Waals surface area contributed by atoms with Gasteiger partial charge < -0.3 is 5.32 Å². The van der Waals surface area contributed by atoms with E-state index in [0.717, 1.165) is 9.56 Å². The molecule has 36 heavy (non-hydrogen) atoms. The first-order chi connectivity index (χ1) is 17.0. The molecule has 3 heterocycles. The highest BCUT2D eigenvalue weighted by molar-refractivity contribution is 7.92. The molecule has 186 valence electrons. The van der Waals surface area contributed by atoms with Crippen molar-refractivity contribution < 1.29 is 13.2 Å². The van der Waals surface area contributed by atoms with Crippen molar-refractivity contribution in [1.29, 1.82) is 0 Å². The van der Waals surface area contributed by atoms with Gasteiger partial charge in [-0.15, -0.1) is 11.3 Å². The molecule has 1 amide bonds. The van der Waals surface area contributed by atoms with Crippen molar-refractivity contribution in [3.05, 3.63) is 81.8 Å². The Hall–Kier alpha value is -3.90. The molecule has 0 aliphatic heterocycles. The smallest absolute Gasteiger partial charge is 0.267 e. The Bertz CT molecular complexity index is 1560. The molecule has 0 radical (unpaired) electrons. The molecule has 12 heteroatoms. The number of rotatable bonds is 7. The molecule has 1 aromatic carbocycles. The normalized spacial score (nSPS) is 11.8. The number of carbonyl (C=O) groups is 1. The van der Waals surface area contributed by atoms with Crippen LogP contribution in [0.2, 0.25) is 0 Å². The van der Waals surface area contributed by atoms with Crippen molar-refractivity contribution in [2.45, 2.75) is 38.1 Å². The second-order valence-corrected chi connectivity index (χ2v) is 11.2. The first-order valence-electron chi connectivity index (χ1n) is 10.9. The van der Waals surface area contributed by atoms with Crippen LogP contribution in [0.15, 0.2) is 69.7 Å². The molecule has 4 rings (SSSR count). The quantitative estimate of drug-likeness (QED) is 0.377. The van der Waals surface area contributed by atoms with Crippen molar-refractivity contribution in [3.8, 4) is 10.6 Å². The van der Waals surface area contributed by atoms with Crippen LogP contribution in [0, 0.1) is 13.8 Å². The molecule has 0 spiro atoms. The molecule has 0 unspecified atom stereocenters. The Morgan fingerprint density at radius 1 is 1.03 bits per heavy atom. The van der Waals surface area contributed by atoms with Crippen LogP contribution >= 0.6 is 11.3 Å². The van der Waals surface area contributed by atoms with E-state index in [1.165, 1.54) is 47.7 Å². The number of amides is 1. The minimum Gasteiger partial charge on any atom is -0.324 e. The number of aromatic nitrogens is 4. The van der Waals surface area contributed by atoms with Gasteiger partial charge in [0.25, 0.3) is 21.5 Å². The maximum atomic E-state index is 13.1. The Labute approximate surface area is 212 Å². The third-order valence-electron chi connectivity index (χ3n) is 5.29. The number of nitrogens with one attached hydrogen (secondary N) is 2. The zero-order valence-corrected chi connectivity index (χ0v) is 21.6. The second-order valence-electron chi connectivity index (χ2n) is 8.53. The van der Waals surface area contributed by atoms with Crippen LogP contribution in [0.5, 0.6) is 0 Å². The minimum atomic E-state index is -3.90. The fourth-order valence-corrected chi connectivity index (χ4v) is 5.11. The Morgan fingerprint density at radius 3 is 2.39 bits per heavy atom. The average Bonchev–Trinajstić information content (AvgIpc) is 3.33. The number of carbonyl (C=O) groups excluding carboxylic acids is 1. The third-order valence-corrected chi connectivity index (χ3v) is 7.55. The van der Waals surface area contributed by atoms with Gasteiger partial charge in [-0.3, -0.25) is 14.3 Å². The standard InChI is InChI=1S/C24H24N6O4S2/c1-15-14-21(26-16(2)25-15)29-36(33,34)18-9-7-17(8-10-18)27-23(32)24(3,4)30-22(31)12-11-19(28-30)20-6-5-13-35-20/h5-14H,1-4H3,(H,27,32)(H,25,26,29). The Kier molecular flexibility index (Phi) is 6.74. The van der Waals surface area contributed by atoms with Gasteiger partial charge in [0.1, 0.15) is 22.9 Å². The van der Waals surface area contributed by atoms with Crippen LogP contribution in [0.3, 0.4) is 0 Å². The lowest BCUT2D eigenvalue weighted by atomic mass is 10.0. The van der Waals surface area contributed by atoms with E-state index >= 15 is 0 Å². The maximum absolute atomic E-state index is 13.1. The molecule has 0 bridgehead atoms. The van der Waals surface area contributed by atoms with Gasteiger partial charge >= 0.3 is 0 Å². The molecular weight excluding hydrogens is 500 g/mol. The molecule has 0 saturated heterocycles. The van der Waals surface area contributed by atoms with Crippen molar-refractivity contribution in [2.24, 2.45) is 0 Å². The van der Waals surface area contributed by atoms with Gasteiger partial charge in [-0.1, -0.05) is 6.07 Å². The summed E-state index contributed by atoms with van der Waals surface area (Å²) in [7, 11) is -3.90. The molecule has 2 N–H and O–H groups in total. The monoisotopic (exact) mass is 524 g/mol. The molecule has 0 aliphatic carbocycles. The lowest BCUT2D eigenvalue weighted by molar-refractivity contribution is -0.123. The van der Waals surface area contributed by atoms with E-state index in [1.54, 1.807) is 33.8 Å². The number of nitrogens with zero attached hydrogens (tertiary/aromatic N) is 4. The van der Waals surface area contributed by atoms with Gasteiger partial charge in [0.15, 0.2) is 0 Å². The van der Waals surface area contributed by atoms with Crippen LogP contribution in [0.25, 0.3) is 10.6 Å². The number of aryl methyl sites for hydroxylation is 2. The highest BCUT2D eigenvalue weighted by Gasteiger charge is 2.32. The highest BCUT2D eigenvalue weighted by Crippen LogP contribution is 2.24. The average molecular weight is 525 g/mol. The lowest BCUT2D eigenvalue weighted by Crippen LogP contribution is -2.47. The van der Waals surface area contributed by atoms with Crippen LogP contribution in [0.1, 0.15) is 25.4 Å². The van der Waals surface area contributed by atoms with Crippen molar-refractivity contribution in [2.75, 3.05) is 10.0 Å². The van der Waals surface area contributed by atoms with Crippen LogP contribution < -0.4 is 15.6 Å². The molecule has 10 nitrogen and oxygen atoms in total. The van der Waals surface area contributed by atoms with E-state index in [-0.39, 0.29) is 10.7 Å². The Morgan fingerprint density at radius 2 is 1.75 bits per heavy atom. The van der Waals surface area contributed by atoms with Crippen molar-refractivity contribution in [3.63, 3.8) is 0 Å². The van der Waals surface area contributed by atoms with E-state index < -0.39 is 27.0 Å². The fraction of sp³-hybridized carbons (Fsp3) is 0.208. The van der Waals surface area contributed by atoms with Crippen LogP contribution in [-0.2, 0) is 20.4 Å². The number of benzene rings is 1. The lowest BCUT2D eigenvalue weighted by Gasteiger charge is -2.25. The maximum Gasteiger partial charge on any atom is 0.267 e. The molecule has 0 saturated carbocycles. The summed E-state index contributed by atoms with van der Waals surface area (Å²) in [5.74, 6) is 0.130. The van der Waals surface area contributed by atoms with E-state index in [2.05, 4.69) is 25.1 Å². The number of hydrogen-bond donors (Lipinski definition) is 2. The molecule has 0 atom stereocenters. The van der Waals surface area contributed by atoms with Gasteiger partial charge in [-0.25, -0.2) is 23.1 Å². The first-order valence-corrected chi connectivity index (χ1v) is 13.2. The summed E-state index contributed by atoms with van der Waals surface area (Å²) >= 11 is 1.48. The number of sulfonamides is 1. The summed E-state index contributed by atoms with van der Waals surface area (Å²) in [5, 5.41) is 9.04. The van der Waals surface area contributed by atoms with Gasteiger partial charge in [0, 0.05) is 23.5 Å². The SMILES string of the molecule is Cc1cc(NS(=O)(=O)c2ccc(NC(=O)C(C)(C)n3nc(-c4cccs4)ccc3=O)cc2)nc(C)n1. The Balaban J connectivity index is 1.52. The zero-order valence-electron chi connectivity index (χ0n) is 20.0. The third kappa shape index (κ3) is 5.34. The van der Waals surface area contributed by atoms with E-state index in [0.29, 0.717) is 22.9 Å². The summed E-state index contributed by atoms with van der Waals surface area (Å²) in [5.41, 5.74) is -0.155. The predicted molar refractivity (Wildman–Crippen MR) is 139 cm³/mol. The highest BCUT2D eigenvalue weighted by atomic mass is 32.2. The summed E-state index contributed by atoms with van der Waals surface area (Å²) in [6.07, 6.45) is 0. The predicted octanol–water partition coefficient (Wildman–Crippen LogP) is 3.55. The van der Waals surface area contributed by atoms with Crippen molar-refractivity contribution in [1.82, 2.24) is 19.7 Å². The topological polar surface area (TPSA) is 136 Å². The van der Waals surface area contributed by atoms with Gasteiger partial charge in [-0.2, -0.15) is 5.10 Å². The van der Waals surface area contributed by atoms with Gasteiger partial charge in [0.2, 0.25) is 0 Å². The van der Waals surface area contributed by atoms with Gasteiger partial charge in [-0.05, 0) is 69.5 Å². The molecule has 0 fully saturated rings. The number of anilines is 2.